The Morgan fingerprint density at radius 1 is 1.35 bits per heavy atom. The lowest BCUT2D eigenvalue weighted by Crippen LogP contribution is -2.31. The molecular formula is C21H31ClN2OS. The molecule has 0 bridgehead atoms. The molecule has 0 aliphatic heterocycles. The van der Waals surface area contributed by atoms with Crippen LogP contribution in [0.1, 0.15) is 46.6 Å². The molecule has 1 aromatic carbocycles. The maximum atomic E-state index is 11.1. The van der Waals surface area contributed by atoms with Crippen LogP contribution in [0.15, 0.2) is 52.8 Å². The van der Waals surface area contributed by atoms with E-state index in [0.29, 0.717) is 5.92 Å². The smallest absolute Gasteiger partial charge is 0.226 e. The standard InChI is InChI=1S/C12H14ClNS.C9H17NO/c1-3-9(2)8-15-11-7-5-4-6-10(11)12(13)14;1-5-8(4)9(11)10-6-7(2)3/h4-8,14H,3H2,1-2H3;5,7-8H,1,6H2,2-4H3,(H,10,11)/b9-8+,14-12?;. The Balaban J connectivity index is 0.000000508. The van der Waals surface area contributed by atoms with Gasteiger partial charge in [-0.05, 0) is 30.7 Å². The number of allylic oxidation sites excluding steroid dienone is 1. The molecule has 2 N–H and O–H groups in total. The number of halogens is 1. The number of hydrogen-bond acceptors (Lipinski definition) is 3. The molecule has 1 atom stereocenters. The minimum atomic E-state index is -0.0752. The second kappa shape index (κ2) is 13.7. The van der Waals surface area contributed by atoms with Gasteiger partial charge in [-0.2, -0.15) is 0 Å². The Morgan fingerprint density at radius 3 is 2.46 bits per heavy atom. The van der Waals surface area contributed by atoms with Gasteiger partial charge in [0, 0.05) is 17.0 Å². The molecule has 3 nitrogen and oxygen atoms in total. The van der Waals surface area contributed by atoms with Crippen LogP contribution in [0.4, 0.5) is 0 Å². The first-order valence-corrected chi connectivity index (χ1v) is 10.0. The van der Waals surface area contributed by atoms with Crippen molar-refractivity contribution in [2.45, 2.75) is 45.9 Å². The molecule has 1 amide bonds. The van der Waals surface area contributed by atoms with Crippen molar-refractivity contribution in [2.24, 2.45) is 11.8 Å². The molecule has 0 aliphatic rings. The van der Waals surface area contributed by atoms with E-state index in [0.717, 1.165) is 23.4 Å². The number of nitrogens with one attached hydrogen (secondary N) is 2. The van der Waals surface area contributed by atoms with Crippen LogP contribution in [0.5, 0.6) is 0 Å². The normalized spacial score (nSPS) is 12.0. The quantitative estimate of drug-likeness (QED) is 0.311. The van der Waals surface area contributed by atoms with Crippen LogP contribution in [-0.4, -0.2) is 17.6 Å². The van der Waals surface area contributed by atoms with Gasteiger partial charge in [0.1, 0.15) is 5.17 Å². The Morgan fingerprint density at radius 2 is 1.96 bits per heavy atom. The third kappa shape index (κ3) is 10.5. The molecule has 0 heterocycles. The van der Waals surface area contributed by atoms with E-state index < -0.39 is 0 Å². The summed E-state index contributed by atoms with van der Waals surface area (Å²) in [4.78, 5) is 12.1. The van der Waals surface area contributed by atoms with Crippen LogP contribution in [0.25, 0.3) is 0 Å². The third-order valence-electron chi connectivity index (χ3n) is 3.52. The van der Waals surface area contributed by atoms with Crippen molar-refractivity contribution in [1.82, 2.24) is 5.32 Å². The van der Waals surface area contributed by atoms with E-state index >= 15 is 0 Å². The minimum Gasteiger partial charge on any atom is -0.355 e. The van der Waals surface area contributed by atoms with Crippen molar-refractivity contribution in [3.63, 3.8) is 0 Å². The highest BCUT2D eigenvalue weighted by Crippen LogP contribution is 2.26. The van der Waals surface area contributed by atoms with Gasteiger partial charge in [-0.15, -0.1) is 6.58 Å². The van der Waals surface area contributed by atoms with Crippen molar-refractivity contribution >= 4 is 34.4 Å². The van der Waals surface area contributed by atoms with Gasteiger partial charge in [0.15, 0.2) is 0 Å². The van der Waals surface area contributed by atoms with Crippen molar-refractivity contribution in [3.05, 3.63) is 53.5 Å². The molecule has 0 saturated heterocycles. The zero-order chi connectivity index (χ0) is 20.1. The Hall–Kier alpha value is -1.52. The maximum absolute atomic E-state index is 11.1. The summed E-state index contributed by atoms with van der Waals surface area (Å²) in [7, 11) is 0. The summed E-state index contributed by atoms with van der Waals surface area (Å²) in [6.07, 6.45) is 2.70. The van der Waals surface area contributed by atoms with Crippen molar-refractivity contribution < 1.29 is 4.79 Å². The first-order chi connectivity index (χ1) is 12.2. The van der Waals surface area contributed by atoms with Crippen molar-refractivity contribution in [1.29, 1.82) is 5.41 Å². The van der Waals surface area contributed by atoms with Crippen LogP contribution in [0.2, 0.25) is 0 Å². The van der Waals surface area contributed by atoms with Gasteiger partial charge >= 0.3 is 0 Å². The molecule has 5 heteroatoms. The second-order valence-electron chi connectivity index (χ2n) is 6.41. The zero-order valence-electron chi connectivity index (χ0n) is 16.4. The highest BCUT2D eigenvalue weighted by molar-refractivity contribution is 8.02. The van der Waals surface area contributed by atoms with Crippen LogP contribution in [-0.2, 0) is 4.79 Å². The van der Waals surface area contributed by atoms with Gasteiger partial charge in [0.05, 0.1) is 5.92 Å². The average molecular weight is 395 g/mol. The molecular weight excluding hydrogens is 364 g/mol. The average Bonchev–Trinajstić information content (AvgIpc) is 2.63. The lowest BCUT2D eigenvalue weighted by Gasteiger charge is -2.09. The number of carbonyl (C=O) groups is 1. The molecule has 0 fully saturated rings. The Bertz CT molecular complexity index is 626. The molecule has 144 valence electrons. The van der Waals surface area contributed by atoms with Gasteiger partial charge in [-0.1, -0.05) is 80.9 Å². The Labute approximate surface area is 167 Å². The molecule has 0 saturated carbocycles. The van der Waals surface area contributed by atoms with E-state index in [9.17, 15) is 4.79 Å². The highest BCUT2D eigenvalue weighted by atomic mass is 35.5. The lowest BCUT2D eigenvalue weighted by molar-refractivity contribution is -0.123. The van der Waals surface area contributed by atoms with Crippen LogP contribution < -0.4 is 5.32 Å². The fourth-order valence-electron chi connectivity index (χ4n) is 1.57. The van der Waals surface area contributed by atoms with Crippen molar-refractivity contribution in [2.75, 3.05) is 6.54 Å². The third-order valence-corrected chi connectivity index (χ3v) is 4.85. The van der Waals surface area contributed by atoms with Crippen LogP contribution in [0, 0.1) is 17.2 Å². The van der Waals surface area contributed by atoms with E-state index in [1.54, 1.807) is 17.8 Å². The monoisotopic (exact) mass is 394 g/mol. The summed E-state index contributed by atoms with van der Waals surface area (Å²) in [5.74, 6) is 0.499. The van der Waals surface area contributed by atoms with Crippen LogP contribution in [0.3, 0.4) is 0 Å². The molecule has 1 unspecified atom stereocenters. The van der Waals surface area contributed by atoms with Gasteiger partial charge < -0.3 is 5.32 Å². The van der Waals surface area contributed by atoms with E-state index in [4.69, 9.17) is 17.0 Å². The molecule has 1 aromatic rings. The van der Waals surface area contributed by atoms with Gasteiger partial charge in [-0.25, -0.2) is 0 Å². The summed E-state index contributed by atoms with van der Waals surface area (Å²) in [6, 6.07) is 7.70. The number of amides is 1. The van der Waals surface area contributed by atoms with Gasteiger partial charge in [0.2, 0.25) is 5.91 Å². The summed E-state index contributed by atoms with van der Waals surface area (Å²) in [6.45, 7) is 14.5. The molecule has 0 spiro atoms. The SMILES string of the molecule is C=CC(C)C(=O)NCC(C)C.CC/C(C)=C/Sc1ccccc1C(=N)Cl. The first kappa shape index (κ1) is 24.5. The fraction of sp³-hybridized carbons (Fsp3) is 0.429. The van der Waals surface area contributed by atoms with E-state index in [1.807, 2.05) is 31.2 Å². The first-order valence-electron chi connectivity index (χ1n) is 8.78. The number of rotatable bonds is 8. The largest absolute Gasteiger partial charge is 0.355 e. The lowest BCUT2D eigenvalue weighted by atomic mass is 10.1. The fourth-order valence-corrected chi connectivity index (χ4v) is 2.74. The molecule has 0 aliphatic carbocycles. The molecule has 0 aromatic heterocycles. The predicted octanol–water partition coefficient (Wildman–Crippen LogP) is 6.24. The summed E-state index contributed by atoms with van der Waals surface area (Å²) >= 11 is 7.33. The number of carbonyl (C=O) groups excluding carboxylic acids is 1. The Kier molecular flexibility index (Phi) is 12.9. The van der Waals surface area contributed by atoms with Gasteiger partial charge in [0.25, 0.3) is 0 Å². The predicted molar refractivity (Wildman–Crippen MR) is 116 cm³/mol. The van der Waals surface area contributed by atoms with Gasteiger partial charge in [-0.3, -0.25) is 10.2 Å². The summed E-state index contributed by atoms with van der Waals surface area (Å²) in [5, 5.41) is 12.5. The minimum absolute atomic E-state index is 0.0636. The van der Waals surface area contributed by atoms with E-state index in [-0.39, 0.29) is 17.0 Å². The second-order valence-corrected chi connectivity index (χ2v) is 7.70. The molecule has 0 radical (unpaired) electrons. The number of thioether (sulfide) groups is 1. The van der Waals surface area contributed by atoms with Crippen LogP contribution >= 0.6 is 23.4 Å². The summed E-state index contributed by atoms with van der Waals surface area (Å²) in [5.41, 5.74) is 2.13. The topological polar surface area (TPSA) is 53.0 Å². The number of benzene rings is 1. The summed E-state index contributed by atoms with van der Waals surface area (Å²) < 4.78 is 0. The van der Waals surface area contributed by atoms with Crippen molar-refractivity contribution in [3.8, 4) is 0 Å². The van der Waals surface area contributed by atoms with E-state index in [2.05, 4.69) is 45.0 Å². The van der Waals surface area contributed by atoms with E-state index in [1.165, 1.54) is 5.57 Å². The molecule has 1 rings (SSSR count). The zero-order valence-corrected chi connectivity index (χ0v) is 18.0. The number of hydrogen-bond donors (Lipinski definition) is 2. The molecule has 26 heavy (non-hydrogen) atoms. The maximum Gasteiger partial charge on any atom is 0.226 e. The highest BCUT2D eigenvalue weighted by Gasteiger charge is 2.07.